The Morgan fingerprint density at radius 3 is 2.12 bits per heavy atom. The van der Waals surface area contributed by atoms with Crippen molar-refractivity contribution in [3.05, 3.63) is 24.3 Å². The lowest BCUT2D eigenvalue weighted by molar-refractivity contribution is 0.00578. The van der Waals surface area contributed by atoms with Gasteiger partial charge in [-0.15, -0.1) is 0 Å². The van der Waals surface area contributed by atoms with Gasteiger partial charge in [0.25, 0.3) is 0 Å². The van der Waals surface area contributed by atoms with Gasteiger partial charge in [-0.1, -0.05) is 18.2 Å². The predicted octanol–water partition coefficient (Wildman–Crippen LogP) is 1.01. The molecule has 0 bridgehead atoms. The average molecular weight is 353 g/mol. The minimum absolute atomic E-state index is 0.241. The molecule has 2 fully saturated rings. The largest absolute Gasteiger partial charge is 0.496 e. The van der Waals surface area contributed by atoms with Crippen molar-refractivity contribution >= 4 is 22.6 Å². The Morgan fingerprint density at radius 2 is 1.54 bits per heavy atom. The molecular weight excluding hydrogens is 329 g/mol. The van der Waals surface area contributed by atoms with E-state index in [1.54, 1.807) is 24.3 Å². The van der Waals surface area contributed by atoms with E-state index in [-0.39, 0.29) is 4.90 Å². The van der Waals surface area contributed by atoms with Crippen molar-refractivity contribution in [1.82, 2.24) is 4.31 Å². The molecule has 8 heteroatoms. The maximum Gasteiger partial charge on any atom is 0.496 e. The monoisotopic (exact) mass is 353 g/mol. The van der Waals surface area contributed by atoms with Gasteiger partial charge in [0.1, 0.15) is 0 Å². The summed E-state index contributed by atoms with van der Waals surface area (Å²) in [7, 11) is -4.32. The molecule has 132 valence electrons. The van der Waals surface area contributed by atoms with E-state index in [9.17, 15) is 8.42 Å². The van der Waals surface area contributed by atoms with Gasteiger partial charge >= 0.3 is 7.12 Å². The molecular formula is C16H24BNO5S. The number of morpholine rings is 1. The lowest BCUT2D eigenvalue weighted by Crippen LogP contribution is -2.45. The molecule has 0 radical (unpaired) electrons. The van der Waals surface area contributed by atoms with E-state index in [4.69, 9.17) is 14.0 Å². The average Bonchev–Trinajstić information content (AvgIpc) is 2.76. The standard InChI is InChI=1S/C16H24BNO5S/c1-15(2)16(3,4)23-17(22-15)13-7-5-6-8-14(13)24(19,20)18-9-11-21-12-10-18/h5-8H,9-12H2,1-4H3. The van der Waals surface area contributed by atoms with Gasteiger partial charge in [-0.25, -0.2) is 8.42 Å². The number of ether oxygens (including phenoxy) is 1. The van der Waals surface area contributed by atoms with Crippen LogP contribution in [-0.2, 0) is 24.1 Å². The molecule has 2 heterocycles. The lowest BCUT2D eigenvalue weighted by Gasteiger charge is -2.32. The van der Waals surface area contributed by atoms with E-state index < -0.39 is 28.3 Å². The van der Waals surface area contributed by atoms with E-state index in [2.05, 4.69) is 0 Å². The molecule has 2 aliphatic heterocycles. The summed E-state index contributed by atoms with van der Waals surface area (Å²) in [6, 6.07) is 6.90. The molecule has 1 aromatic carbocycles. The normalized spacial score (nSPS) is 24.2. The van der Waals surface area contributed by atoms with Crippen molar-refractivity contribution in [2.45, 2.75) is 43.8 Å². The van der Waals surface area contributed by atoms with Crippen LogP contribution in [0.3, 0.4) is 0 Å². The molecule has 2 saturated heterocycles. The van der Waals surface area contributed by atoms with Crippen molar-refractivity contribution in [1.29, 1.82) is 0 Å². The number of nitrogens with zero attached hydrogens (tertiary/aromatic N) is 1. The van der Waals surface area contributed by atoms with Crippen LogP contribution in [0.4, 0.5) is 0 Å². The second kappa shape index (κ2) is 6.11. The van der Waals surface area contributed by atoms with Crippen LogP contribution >= 0.6 is 0 Å². The van der Waals surface area contributed by atoms with E-state index in [1.165, 1.54) is 4.31 Å². The van der Waals surface area contributed by atoms with Crippen molar-refractivity contribution in [2.24, 2.45) is 0 Å². The summed E-state index contributed by atoms with van der Waals surface area (Å²) in [5, 5.41) is 0. The van der Waals surface area contributed by atoms with Crippen LogP contribution in [0.15, 0.2) is 29.2 Å². The van der Waals surface area contributed by atoms with Crippen LogP contribution < -0.4 is 5.46 Å². The number of benzene rings is 1. The molecule has 24 heavy (non-hydrogen) atoms. The highest BCUT2D eigenvalue weighted by Crippen LogP contribution is 2.37. The molecule has 0 aromatic heterocycles. The van der Waals surface area contributed by atoms with Gasteiger partial charge in [0.05, 0.1) is 29.3 Å². The van der Waals surface area contributed by atoms with Crippen LogP contribution in [0, 0.1) is 0 Å². The minimum atomic E-state index is -3.61. The Bertz CT molecular complexity index is 697. The van der Waals surface area contributed by atoms with Crippen LogP contribution in [0.5, 0.6) is 0 Å². The fourth-order valence-corrected chi connectivity index (χ4v) is 4.43. The van der Waals surface area contributed by atoms with E-state index >= 15 is 0 Å². The Morgan fingerprint density at radius 1 is 1.00 bits per heavy atom. The summed E-state index contributed by atoms with van der Waals surface area (Å²) in [4.78, 5) is 0.241. The first-order valence-corrected chi connectivity index (χ1v) is 9.62. The topological polar surface area (TPSA) is 65.1 Å². The third-order valence-electron chi connectivity index (χ3n) is 5.01. The summed E-state index contributed by atoms with van der Waals surface area (Å²) in [6.45, 7) is 9.35. The van der Waals surface area contributed by atoms with Crippen molar-refractivity contribution in [2.75, 3.05) is 26.3 Å². The molecule has 6 nitrogen and oxygen atoms in total. The van der Waals surface area contributed by atoms with Gasteiger partial charge in [-0.3, -0.25) is 0 Å². The first kappa shape index (κ1) is 17.9. The summed E-state index contributed by atoms with van der Waals surface area (Å²) >= 11 is 0. The molecule has 0 atom stereocenters. The highest BCUT2D eigenvalue weighted by Gasteiger charge is 2.53. The fraction of sp³-hybridized carbons (Fsp3) is 0.625. The van der Waals surface area contributed by atoms with Crippen molar-refractivity contribution in [3.8, 4) is 0 Å². The van der Waals surface area contributed by atoms with Gasteiger partial charge in [0.2, 0.25) is 10.0 Å². The van der Waals surface area contributed by atoms with E-state index in [0.29, 0.717) is 31.8 Å². The zero-order chi connectivity index (χ0) is 17.6. The summed E-state index contributed by atoms with van der Waals surface area (Å²) in [5.41, 5.74) is -0.497. The zero-order valence-corrected chi connectivity index (χ0v) is 15.4. The second-order valence-electron chi connectivity index (χ2n) is 7.14. The Kier molecular flexibility index (Phi) is 4.55. The molecule has 0 saturated carbocycles. The van der Waals surface area contributed by atoms with Crippen LogP contribution in [-0.4, -0.2) is 57.3 Å². The van der Waals surface area contributed by atoms with Gasteiger partial charge in [0, 0.05) is 18.6 Å². The second-order valence-corrected chi connectivity index (χ2v) is 9.05. The molecule has 0 N–H and O–H groups in total. The number of sulfonamides is 1. The van der Waals surface area contributed by atoms with E-state index in [0.717, 1.165) is 0 Å². The highest BCUT2D eigenvalue weighted by atomic mass is 32.2. The Hall–Kier alpha value is -0.925. The smallest absolute Gasteiger partial charge is 0.399 e. The Labute approximate surface area is 144 Å². The molecule has 1 aromatic rings. The van der Waals surface area contributed by atoms with Crippen LogP contribution in [0.2, 0.25) is 0 Å². The quantitative estimate of drug-likeness (QED) is 0.759. The predicted molar refractivity (Wildman–Crippen MR) is 91.7 cm³/mol. The zero-order valence-electron chi connectivity index (χ0n) is 14.6. The Balaban J connectivity index is 1.98. The van der Waals surface area contributed by atoms with E-state index in [1.807, 2.05) is 27.7 Å². The third-order valence-corrected chi connectivity index (χ3v) is 6.99. The highest BCUT2D eigenvalue weighted by molar-refractivity contribution is 7.89. The summed E-state index contributed by atoms with van der Waals surface area (Å²) in [5.74, 6) is 0. The number of hydrogen-bond donors (Lipinski definition) is 0. The minimum Gasteiger partial charge on any atom is -0.399 e. The van der Waals surface area contributed by atoms with Gasteiger partial charge in [0.15, 0.2) is 0 Å². The molecule has 0 unspecified atom stereocenters. The third kappa shape index (κ3) is 3.02. The molecule has 0 aliphatic carbocycles. The summed E-state index contributed by atoms with van der Waals surface area (Å²) < 4.78 is 44.9. The molecule has 0 spiro atoms. The van der Waals surface area contributed by atoms with Crippen LogP contribution in [0.1, 0.15) is 27.7 Å². The first-order valence-electron chi connectivity index (χ1n) is 8.18. The molecule has 2 aliphatic rings. The summed E-state index contributed by atoms with van der Waals surface area (Å²) in [6.07, 6.45) is 0. The lowest BCUT2D eigenvalue weighted by atomic mass is 9.79. The van der Waals surface area contributed by atoms with Gasteiger partial charge in [-0.2, -0.15) is 4.31 Å². The molecule has 3 rings (SSSR count). The van der Waals surface area contributed by atoms with Crippen molar-refractivity contribution in [3.63, 3.8) is 0 Å². The van der Waals surface area contributed by atoms with Gasteiger partial charge < -0.3 is 14.0 Å². The molecule has 0 amide bonds. The fourth-order valence-electron chi connectivity index (χ4n) is 2.81. The first-order chi connectivity index (χ1) is 11.2. The number of hydrogen-bond acceptors (Lipinski definition) is 5. The van der Waals surface area contributed by atoms with Crippen molar-refractivity contribution < 1.29 is 22.5 Å². The maximum absolute atomic E-state index is 13.0. The SMILES string of the molecule is CC1(C)OB(c2ccccc2S(=O)(=O)N2CCOCC2)OC1(C)C. The van der Waals surface area contributed by atoms with Crippen LogP contribution in [0.25, 0.3) is 0 Å². The number of rotatable bonds is 3. The van der Waals surface area contributed by atoms with Gasteiger partial charge in [-0.05, 0) is 33.8 Å². The maximum atomic E-state index is 13.0.